The molecular weight excluding hydrogens is 282 g/mol. The van der Waals surface area contributed by atoms with Gasteiger partial charge in [0.1, 0.15) is 5.75 Å². The maximum atomic E-state index is 6.18. The van der Waals surface area contributed by atoms with E-state index in [-0.39, 0.29) is 0 Å². The Balaban J connectivity index is 2.15. The van der Waals surface area contributed by atoms with Gasteiger partial charge in [0.15, 0.2) is 0 Å². The number of rotatable bonds is 6. The van der Waals surface area contributed by atoms with Crippen LogP contribution in [0.2, 0.25) is 5.02 Å². The summed E-state index contributed by atoms with van der Waals surface area (Å²) in [7, 11) is 3.80. The van der Waals surface area contributed by atoms with Crippen LogP contribution in [0.15, 0.2) is 18.2 Å². The van der Waals surface area contributed by atoms with Crippen molar-refractivity contribution in [3.8, 4) is 5.75 Å². The first-order chi connectivity index (χ1) is 10.2. The van der Waals surface area contributed by atoms with E-state index < -0.39 is 0 Å². The predicted molar refractivity (Wildman–Crippen MR) is 90.2 cm³/mol. The van der Waals surface area contributed by atoms with Crippen molar-refractivity contribution in [2.45, 2.75) is 39.0 Å². The molecule has 0 saturated heterocycles. The lowest BCUT2D eigenvalue weighted by molar-refractivity contribution is 0.172. The second kappa shape index (κ2) is 8.05. The smallest absolute Gasteiger partial charge is 0.122 e. The highest BCUT2D eigenvalue weighted by Crippen LogP contribution is 2.38. The Hall–Kier alpha value is -0.730. The van der Waals surface area contributed by atoms with Crippen LogP contribution in [0.25, 0.3) is 0 Å². The molecule has 1 aromatic rings. The lowest BCUT2D eigenvalue weighted by atomic mass is 9.71. The molecule has 0 amide bonds. The molecule has 0 heterocycles. The molecule has 0 bridgehead atoms. The monoisotopic (exact) mass is 309 g/mol. The third-order valence-electron chi connectivity index (χ3n) is 5.02. The number of ether oxygens (including phenoxy) is 1. The predicted octanol–water partition coefficient (Wildman–Crippen LogP) is 4.55. The largest absolute Gasteiger partial charge is 0.496 e. The van der Waals surface area contributed by atoms with Crippen molar-refractivity contribution in [2.75, 3.05) is 20.7 Å². The average molecular weight is 310 g/mol. The van der Waals surface area contributed by atoms with Gasteiger partial charge in [-0.25, -0.2) is 0 Å². The van der Waals surface area contributed by atoms with Crippen molar-refractivity contribution in [2.24, 2.45) is 17.8 Å². The van der Waals surface area contributed by atoms with E-state index in [1.165, 1.54) is 31.2 Å². The molecule has 118 valence electrons. The molecule has 3 atom stereocenters. The van der Waals surface area contributed by atoms with Crippen LogP contribution in [0.5, 0.6) is 5.75 Å². The summed E-state index contributed by atoms with van der Waals surface area (Å²) in [6, 6.07) is 5.97. The van der Waals surface area contributed by atoms with Crippen molar-refractivity contribution in [3.63, 3.8) is 0 Å². The standard InChI is InChI=1S/C18H28ClNO/c1-4-13-5-6-14(12-20-2)15(9-13)10-16-11-17(19)7-8-18(16)21-3/h7-8,11,13-15,20H,4-6,9-10,12H2,1-3H3. The number of nitrogens with one attached hydrogen (secondary N) is 1. The molecule has 3 heteroatoms. The quantitative estimate of drug-likeness (QED) is 0.832. The van der Waals surface area contributed by atoms with Crippen molar-refractivity contribution < 1.29 is 4.74 Å². The Labute approximate surface area is 134 Å². The summed E-state index contributed by atoms with van der Waals surface area (Å²) in [6.45, 7) is 3.43. The van der Waals surface area contributed by atoms with E-state index in [1.54, 1.807) is 7.11 Å². The summed E-state index contributed by atoms with van der Waals surface area (Å²) < 4.78 is 5.52. The summed E-state index contributed by atoms with van der Waals surface area (Å²) in [5, 5.41) is 4.17. The molecular formula is C18H28ClNO. The Morgan fingerprint density at radius 3 is 2.76 bits per heavy atom. The minimum Gasteiger partial charge on any atom is -0.496 e. The molecule has 1 aliphatic rings. The van der Waals surface area contributed by atoms with Gasteiger partial charge in [-0.1, -0.05) is 31.4 Å². The van der Waals surface area contributed by atoms with Gasteiger partial charge < -0.3 is 10.1 Å². The Kier molecular flexibility index (Phi) is 6.38. The zero-order valence-electron chi connectivity index (χ0n) is 13.5. The molecule has 1 N–H and O–H groups in total. The fourth-order valence-electron chi connectivity index (χ4n) is 3.76. The van der Waals surface area contributed by atoms with E-state index in [0.717, 1.165) is 41.5 Å². The molecule has 2 rings (SSSR count). The highest BCUT2D eigenvalue weighted by atomic mass is 35.5. The van der Waals surface area contributed by atoms with Gasteiger partial charge in [-0.15, -0.1) is 0 Å². The van der Waals surface area contributed by atoms with E-state index in [9.17, 15) is 0 Å². The van der Waals surface area contributed by atoms with E-state index in [1.807, 2.05) is 12.1 Å². The van der Waals surface area contributed by atoms with Crippen LogP contribution in [-0.2, 0) is 6.42 Å². The van der Waals surface area contributed by atoms with Gasteiger partial charge in [-0.05, 0) is 74.4 Å². The highest BCUT2D eigenvalue weighted by molar-refractivity contribution is 6.30. The van der Waals surface area contributed by atoms with E-state index in [4.69, 9.17) is 16.3 Å². The van der Waals surface area contributed by atoms with Crippen molar-refractivity contribution in [1.82, 2.24) is 5.32 Å². The normalized spacial score (nSPS) is 25.8. The Bertz CT molecular complexity index is 449. The van der Waals surface area contributed by atoms with E-state index in [0.29, 0.717) is 0 Å². The first kappa shape index (κ1) is 16.6. The fourth-order valence-corrected chi connectivity index (χ4v) is 3.96. The third kappa shape index (κ3) is 4.37. The molecule has 0 aromatic heterocycles. The molecule has 0 aliphatic heterocycles. The van der Waals surface area contributed by atoms with Crippen LogP contribution in [0.3, 0.4) is 0 Å². The molecule has 1 saturated carbocycles. The molecule has 21 heavy (non-hydrogen) atoms. The number of hydrogen-bond donors (Lipinski definition) is 1. The second-order valence-electron chi connectivity index (χ2n) is 6.33. The maximum Gasteiger partial charge on any atom is 0.122 e. The van der Waals surface area contributed by atoms with Crippen LogP contribution in [-0.4, -0.2) is 20.7 Å². The van der Waals surface area contributed by atoms with Crippen LogP contribution < -0.4 is 10.1 Å². The minimum atomic E-state index is 0.725. The van der Waals surface area contributed by atoms with Crippen molar-refractivity contribution in [1.29, 1.82) is 0 Å². The second-order valence-corrected chi connectivity index (χ2v) is 6.76. The Morgan fingerprint density at radius 2 is 2.10 bits per heavy atom. The third-order valence-corrected chi connectivity index (χ3v) is 5.25. The first-order valence-corrected chi connectivity index (χ1v) is 8.52. The van der Waals surface area contributed by atoms with Gasteiger partial charge in [-0.2, -0.15) is 0 Å². The number of methoxy groups -OCH3 is 1. The number of hydrogen-bond acceptors (Lipinski definition) is 2. The minimum absolute atomic E-state index is 0.725. The molecule has 0 spiro atoms. The topological polar surface area (TPSA) is 21.3 Å². The van der Waals surface area contributed by atoms with Crippen LogP contribution in [0.4, 0.5) is 0 Å². The zero-order valence-corrected chi connectivity index (χ0v) is 14.2. The molecule has 3 unspecified atom stereocenters. The lowest BCUT2D eigenvalue weighted by Gasteiger charge is -2.36. The summed E-state index contributed by atoms with van der Waals surface area (Å²) in [6.07, 6.45) is 6.43. The van der Waals surface area contributed by atoms with Crippen LogP contribution >= 0.6 is 11.6 Å². The van der Waals surface area contributed by atoms with Crippen LogP contribution in [0, 0.1) is 17.8 Å². The van der Waals surface area contributed by atoms with Gasteiger partial charge in [0.25, 0.3) is 0 Å². The summed E-state index contributed by atoms with van der Waals surface area (Å²) >= 11 is 6.18. The van der Waals surface area contributed by atoms with E-state index >= 15 is 0 Å². The lowest BCUT2D eigenvalue weighted by Crippen LogP contribution is -2.33. The molecule has 1 aliphatic carbocycles. The summed E-state index contributed by atoms with van der Waals surface area (Å²) in [5.41, 5.74) is 1.26. The molecule has 0 radical (unpaired) electrons. The van der Waals surface area contributed by atoms with Gasteiger partial charge in [0.05, 0.1) is 7.11 Å². The van der Waals surface area contributed by atoms with Gasteiger partial charge in [0, 0.05) is 5.02 Å². The average Bonchev–Trinajstić information content (AvgIpc) is 2.49. The summed E-state index contributed by atoms with van der Waals surface area (Å²) in [4.78, 5) is 0. The number of halogens is 1. The van der Waals surface area contributed by atoms with Gasteiger partial charge in [-0.3, -0.25) is 0 Å². The van der Waals surface area contributed by atoms with Gasteiger partial charge in [0.2, 0.25) is 0 Å². The SMILES string of the molecule is CCC1CCC(CNC)C(Cc2cc(Cl)ccc2OC)C1. The van der Waals surface area contributed by atoms with Crippen LogP contribution in [0.1, 0.15) is 38.2 Å². The molecule has 2 nitrogen and oxygen atoms in total. The van der Waals surface area contributed by atoms with Crippen molar-refractivity contribution >= 4 is 11.6 Å². The summed E-state index contributed by atoms with van der Waals surface area (Å²) in [5.74, 6) is 3.35. The maximum absolute atomic E-state index is 6.18. The zero-order chi connectivity index (χ0) is 15.2. The van der Waals surface area contributed by atoms with E-state index in [2.05, 4.69) is 25.4 Å². The molecule has 1 fully saturated rings. The van der Waals surface area contributed by atoms with Gasteiger partial charge >= 0.3 is 0 Å². The Morgan fingerprint density at radius 1 is 1.29 bits per heavy atom. The van der Waals surface area contributed by atoms with Crippen molar-refractivity contribution in [3.05, 3.63) is 28.8 Å². The fraction of sp³-hybridized carbons (Fsp3) is 0.667. The molecule has 1 aromatic carbocycles. The highest BCUT2D eigenvalue weighted by Gasteiger charge is 2.30. The first-order valence-electron chi connectivity index (χ1n) is 8.14. The number of benzene rings is 1.